The zero-order valence-electron chi connectivity index (χ0n) is 16.9. The number of carbonyl (C=O) groups is 1. The third-order valence-corrected chi connectivity index (χ3v) is 5.88. The molecule has 0 saturated heterocycles. The second kappa shape index (κ2) is 10.1. The standard InChI is InChI=1S/C20H26N2O6S/c1-15(14-28-16-8-6-5-7-9-16)21-20(23)13-22(2)29(24,25)17-10-11-18(26-3)19(12-17)27-4/h5-12,15H,13-14H2,1-4H3,(H,21,23)/t15-/m1/s1. The Balaban J connectivity index is 1.95. The number of sulfonamides is 1. The predicted octanol–water partition coefficient (Wildman–Crippen LogP) is 1.91. The van der Waals surface area contributed by atoms with Crippen molar-refractivity contribution in [3.05, 3.63) is 48.5 Å². The summed E-state index contributed by atoms with van der Waals surface area (Å²) in [6.45, 7) is 1.72. The smallest absolute Gasteiger partial charge is 0.243 e. The van der Waals surface area contributed by atoms with Crippen molar-refractivity contribution in [3.63, 3.8) is 0 Å². The number of benzene rings is 2. The first kappa shape index (κ1) is 22.5. The summed E-state index contributed by atoms with van der Waals surface area (Å²) in [6, 6.07) is 13.2. The zero-order chi connectivity index (χ0) is 21.4. The van der Waals surface area contributed by atoms with Crippen LogP contribution in [0.4, 0.5) is 0 Å². The minimum absolute atomic E-state index is 0.00547. The van der Waals surface area contributed by atoms with Crippen LogP contribution in [0.5, 0.6) is 17.2 Å². The van der Waals surface area contributed by atoms with E-state index in [2.05, 4.69) is 5.32 Å². The van der Waals surface area contributed by atoms with Gasteiger partial charge in [0, 0.05) is 13.1 Å². The van der Waals surface area contributed by atoms with E-state index in [0.29, 0.717) is 11.5 Å². The molecule has 0 aliphatic rings. The van der Waals surface area contributed by atoms with Crippen LogP contribution in [0.15, 0.2) is 53.4 Å². The third-order valence-electron chi connectivity index (χ3n) is 4.08. The molecule has 0 unspecified atom stereocenters. The van der Waals surface area contributed by atoms with Gasteiger partial charge in [-0.05, 0) is 31.2 Å². The van der Waals surface area contributed by atoms with Crippen molar-refractivity contribution < 1.29 is 27.4 Å². The molecule has 0 aliphatic heterocycles. The van der Waals surface area contributed by atoms with Gasteiger partial charge in [0.15, 0.2) is 11.5 Å². The van der Waals surface area contributed by atoms with E-state index >= 15 is 0 Å². The molecule has 0 bridgehead atoms. The van der Waals surface area contributed by atoms with Crippen LogP contribution in [0.3, 0.4) is 0 Å². The van der Waals surface area contributed by atoms with Crippen molar-refractivity contribution in [2.75, 3.05) is 34.4 Å². The van der Waals surface area contributed by atoms with Gasteiger partial charge in [-0.15, -0.1) is 0 Å². The number of methoxy groups -OCH3 is 2. The summed E-state index contributed by atoms with van der Waals surface area (Å²) in [4.78, 5) is 12.3. The van der Waals surface area contributed by atoms with E-state index in [0.717, 1.165) is 4.31 Å². The molecule has 2 rings (SSSR count). The van der Waals surface area contributed by atoms with Gasteiger partial charge < -0.3 is 19.5 Å². The molecule has 0 saturated carbocycles. The highest BCUT2D eigenvalue weighted by atomic mass is 32.2. The van der Waals surface area contributed by atoms with E-state index in [4.69, 9.17) is 14.2 Å². The summed E-state index contributed by atoms with van der Waals surface area (Å²) in [7, 11) is 0.351. The first-order chi connectivity index (χ1) is 13.8. The van der Waals surface area contributed by atoms with Gasteiger partial charge in [0.25, 0.3) is 0 Å². The molecular formula is C20H26N2O6S. The van der Waals surface area contributed by atoms with Gasteiger partial charge in [-0.2, -0.15) is 4.31 Å². The quantitative estimate of drug-likeness (QED) is 0.629. The molecular weight excluding hydrogens is 396 g/mol. The van der Waals surface area contributed by atoms with Gasteiger partial charge in [-0.25, -0.2) is 8.42 Å². The summed E-state index contributed by atoms with van der Waals surface area (Å²) in [5, 5.41) is 2.73. The average Bonchev–Trinajstić information content (AvgIpc) is 2.72. The molecule has 2 aromatic carbocycles. The van der Waals surface area contributed by atoms with Crippen molar-refractivity contribution in [3.8, 4) is 17.2 Å². The molecule has 158 valence electrons. The number of nitrogens with zero attached hydrogens (tertiary/aromatic N) is 1. The number of hydrogen-bond acceptors (Lipinski definition) is 6. The Hall–Kier alpha value is -2.78. The maximum atomic E-state index is 12.8. The van der Waals surface area contributed by atoms with Crippen LogP contribution in [-0.2, 0) is 14.8 Å². The van der Waals surface area contributed by atoms with E-state index in [1.54, 1.807) is 6.92 Å². The molecule has 9 heteroatoms. The monoisotopic (exact) mass is 422 g/mol. The number of likely N-dealkylation sites (N-methyl/N-ethyl adjacent to an activating group) is 1. The highest BCUT2D eigenvalue weighted by molar-refractivity contribution is 7.89. The second-order valence-electron chi connectivity index (χ2n) is 6.37. The lowest BCUT2D eigenvalue weighted by molar-refractivity contribution is -0.121. The normalized spacial score (nSPS) is 12.3. The van der Waals surface area contributed by atoms with Crippen molar-refractivity contribution >= 4 is 15.9 Å². The van der Waals surface area contributed by atoms with Crippen LogP contribution in [0.1, 0.15) is 6.92 Å². The summed E-state index contributed by atoms with van der Waals surface area (Å²) < 4.78 is 42.3. The summed E-state index contributed by atoms with van der Waals surface area (Å²) in [5.74, 6) is 0.972. The van der Waals surface area contributed by atoms with Gasteiger partial charge in [0.05, 0.1) is 31.7 Å². The van der Waals surface area contributed by atoms with Gasteiger partial charge >= 0.3 is 0 Å². The average molecular weight is 423 g/mol. The molecule has 0 fully saturated rings. The largest absolute Gasteiger partial charge is 0.493 e. The van der Waals surface area contributed by atoms with E-state index in [1.807, 2.05) is 30.3 Å². The molecule has 1 atom stereocenters. The Kier molecular flexibility index (Phi) is 7.86. The summed E-state index contributed by atoms with van der Waals surface area (Å²) in [6.07, 6.45) is 0. The Labute approximate surface area is 171 Å². The minimum Gasteiger partial charge on any atom is -0.493 e. The molecule has 0 heterocycles. The summed E-state index contributed by atoms with van der Waals surface area (Å²) >= 11 is 0. The number of amides is 1. The van der Waals surface area contributed by atoms with Crippen LogP contribution in [0, 0.1) is 0 Å². The molecule has 0 radical (unpaired) electrons. The van der Waals surface area contributed by atoms with Crippen LogP contribution >= 0.6 is 0 Å². The van der Waals surface area contributed by atoms with Crippen molar-refractivity contribution in [1.82, 2.24) is 9.62 Å². The maximum absolute atomic E-state index is 12.8. The number of nitrogens with one attached hydrogen (secondary N) is 1. The Bertz CT molecular complexity index is 918. The summed E-state index contributed by atoms with van der Waals surface area (Å²) in [5.41, 5.74) is 0. The van der Waals surface area contributed by atoms with Crippen molar-refractivity contribution in [2.45, 2.75) is 17.9 Å². The highest BCUT2D eigenvalue weighted by Crippen LogP contribution is 2.30. The molecule has 29 heavy (non-hydrogen) atoms. The molecule has 2 aromatic rings. The fraction of sp³-hybridized carbons (Fsp3) is 0.350. The van der Waals surface area contributed by atoms with Gasteiger partial charge in [0.1, 0.15) is 12.4 Å². The topological polar surface area (TPSA) is 94.2 Å². The van der Waals surface area contributed by atoms with Crippen LogP contribution < -0.4 is 19.5 Å². The SMILES string of the molecule is COc1ccc(S(=O)(=O)N(C)CC(=O)N[C@H](C)COc2ccccc2)cc1OC. The fourth-order valence-electron chi connectivity index (χ4n) is 2.54. The maximum Gasteiger partial charge on any atom is 0.243 e. The molecule has 0 aromatic heterocycles. The van der Waals surface area contributed by atoms with Gasteiger partial charge in [-0.1, -0.05) is 18.2 Å². The Morgan fingerprint density at radius 1 is 1.07 bits per heavy atom. The van der Waals surface area contributed by atoms with E-state index < -0.39 is 15.9 Å². The second-order valence-corrected chi connectivity index (χ2v) is 8.42. The van der Waals surface area contributed by atoms with Crippen LogP contribution in [-0.4, -0.2) is 59.1 Å². The first-order valence-electron chi connectivity index (χ1n) is 8.93. The lowest BCUT2D eigenvalue weighted by Crippen LogP contribution is -2.43. The third kappa shape index (κ3) is 6.10. The van der Waals surface area contributed by atoms with Crippen LogP contribution in [0.2, 0.25) is 0 Å². The van der Waals surface area contributed by atoms with Gasteiger partial charge in [0.2, 0.25) is 15.9 Å². The lowest BCUT2D eigenvalue weighted by atomic mass is 10.3. The molecule has 8 nitrogen and oxygen atoms in total. The van der Waals surface area contributed by atoms with Gasteiger partial charge in [-0.3, -0.25) is 4.79 Å². The zero-order valence-corrected chi connectivity index (χ0v) is 17.7. The number of para-hydroxylation sites is 1. The molecule has 1 N–H and O–H groups in total. The number of hydrogen-bond donors (Lipinski definition) is 1. The number of carbonyl (C=O) groups excluding carboxylic acids is 1. The van der Waals surface area contributed by atoms with Crippen LogP contribution in [0.25, 0.3) is 0 Å². The molecule has 0 spiro atoms. The molecule has 1 amide bonds. The number of rotatable bonds is 10. The van der Waals surface area contributed by atoms with Crippen molar-refractivity contribution in [2.24, 2.45) is 0 Å². The highest BCUT2D eigenvalue weighted by Gasteiger charge is 2.25. The number of ether oxygens (including phenoxy) is 3. The first-order valence-corrected chi connectivity index (χ1v) is 10.4. The predicted molar refractivity (Wildman–Crippen MR) is 109 cm³/mol. The van der Waals surface area contributed by atoms with E-state index in [-0.39, 0.29) is 29.8 Å². The van der Waals surface area contributed by atoms with E-state index in [1.165, 1.54) is 39.5 Å². The van der Waals surface area contributed by atoms with E-state index in [9.17, 15) is 13.2 Å². The Morgan fingerprint density at radius 2 is 1.72 bits per heavy atom. The lowest BCUT2D eigenvalue weighted by Gasteiger charge is -2.20. The van der Waals surface area contributed by atoms with Crippen molar-refractivity contribution in [1.29, 1.82) is 0 Å². The Morgan fingerprint density at radius 3 is 2.34 bits per heavy atom. The molecule has 0 aliphatic carbocycles. The fourth-order valence-corrected chi connectivity index (χ4v) is 3.69. The minimum atomic E-state index is -3.88.